The molecule has 2 aromatic heterocycles. The van der Waals surface area contributed by atoms with Crippen molar-refractivity contribution in [1.82, 2.24) is 15.2 Å². The number of amides is 1. The van der Waals surface area contributed by atoms with Gasteiger partial charge in [-0.25, -0.2) is 4.98 Å². The Kier molecular flexibility index (Phi) is 4.86. The van der Waals surface area contributed by atoms with Crippen LogP contribution in [0.2, 0.25) is 0 Å². The number of aryl methyl sites for hydroxylation is 1. The molecule has 0 radical (unpaired) electrons. The second kappa shape index (κ2) is 7.43. The highest BCUT2D eigenvalue weighted by Crippen LogP contribution is 2.25. The average molecular weight is 367 g/mol. The molecule has 1 aliphatic rings. The molecule has 6 heteroatoms. The largest absolute Gasteiger partial charge is 0.441 e. The average Bonchev–Trinajstić information content (AvgIpc) is 3.29. The monoisotopic (exact) mass is 367 g/mol. The van der Waals surface area contributed by atoms with Crippen molar-refractivity contribution in [2.45, 2.75) is 25.9 Å². The van der Waals surface area contributed by atoms with Gasteiger partial charge in [0.2, 0.25) is 11.8 Å². The van der Waals surface area contributed by atoms with Gasteiger partial charge in [-0.15, -0.1) is 0 Å². The van der Waals surface area contributed by atoms with Crippen LogP contribution in [-0.2, 0) is 17.8 Å². The van der Waals surface area contributed by atoms with Gasteiger partial charge in [-0.05, 0) is 30.4 Å². The van der Waals surface area contributed by atoms with Gasteiger partial charge in [-0.3, -0.25) is 9.69 Å². The molecule has 0 unspecified atom stereocenters. The number of piperazine rings is 1. The van der Waals surface area contributed by atoms with Crippen LogP contribution in [0, 0.1) is 6.92 Å². The molecule has 3 heterocycles. The van der Waals surface area contributed by atoms with Crippen molar-refractivity contribution in [3.05, 3.63) is 64.2 Å². The Bertz CT molecular complexity index is 874. The highest BCUT2D eigenvalue weighted by molar-refractivity contribution is 7.08. The van der Waals surface area contributed by atoms with Crippen molar-refractivity contribution in [3.8, 4) is 11.5 Å². The van der Waals surface area contributed by atoms with Gasteiger partial charge in [0.25, 0.3) is 0 Å². The van der Waals surface area contributed by atoms with E-state index in [-0.39, 0.29) is 11.9 Å². The number of nitrogens with zero attached hydrogens (tertiary/aromatic N) is 2. The molecule has 0 aliphatic carbocycles. The Hall–Kier alpha value is -2.44. The minimum Gasteiger partial charge on any atom is -0.441 e. The molecule has 5 nitrogen and oxygen atoms in total. The summed E-state index contributed by atoms with van der Waals surface area (Å²) in [7, 11) is 0. The van der Waals surface area contributed by atoms with Gasteiger partial charge >= 0.3 is 0 Å². The summed E-state index contributed by atoms with van der Waals surface area (Å²) < 4.78 is 5.85. The van der Waals surface area contributed by atoms with E-state index in [9.17, 15) is 4.79 Å². The second-order valence-corrected chi connectivity index (χ2v) is 7.28. The lowest BCUT2D eigenvalue weighted by Crippen LogP contribution is -2.55. The first-order chi connectivity index (χ1) is 12.7. The fourth-order valence-corrected chi connectivity index (χ4v) is 3.92. The van der Waals surface area contributed by atoms with Crippen LogP contribution in [-0.4, -0.2) is 34.9 Å². The van der Waals surface area contributed by atoms with Gasteiger partial charge in [0.1, 0.15) is 5.76 Å². The van der Waals surface area contributed by atoms with E-state index in [1.165, 1.54) is 0 Å². The van der Waals surface area contributed by atoms with Crippen LogP contribution in [0.3, 0.4) is 0 Å². The zero-order valence-corrected chi connectivity index (χ0v) is 15.5. The van der Waals surface area contributed by atoms with Crippen molar-refractivity contribution in [1.29, 1.82) is 0 Å². The zero-order valence-electron chi connectivity index (χ0n) is 14.6. The van der Waals surface area contributed by atoms with Gasteiger partial charge in [-0.1, -0.05) is 30.3 Å². The van der Waals surface area contributed by atoms with Gasteiger partial charge in [0.15, 0.2) is 0 Å². The number of carbonyl (C=O) groups excluding carboxylic acids is 1. The summed E-state index contributed by atoms with van der Waals surface area (Å²) in [4.78, 5) is 19.4. The van der Waals surface area contributed by atoms with E-state index in [2.05, 4.69) is 27.3 Å². The van der Waals surface area contributed by atoms with Gasteiger partial charge in [0.05, 0.1) is 11.7 Å². The van der Waals surface area contributed by atoms with E-state index >= 15 is 0 Å². The number of thiophene rings is 1. The number of carbonyl (C=O) groups is 1. The maximum absolute atomic E-state index is 12.5. The Morgan fingerprint density at radius 2 is 2.15 bits per heavy atom. The predicted octanol–water partition coefficient (Wildman–Crippen LogP) is 3.25. The van der Waals surface area contributed by atoms with Gasteiger partial charge < -0.3 is 9.73 Å². The Morgan fingerprint density at radius 1 is 1.31 bits per heavy atom. The molecule has 1 fully saturated rings. The van der Waals surface area contributed by atoms with Gasteiger partial charge in [-0.2, -0.15) is 11.3 Å². The summed E-state index contributed by atoms with van der Waals surface area (Å²) >= 11 is 1.62. The molecule has 1 atom stereocenters. The van der Waals surface area contributed by atoms with E-state index < -0.39 is 0 Å². The minimum absolute atomic E-state index is 0.0827. The molecule has 1 N–H and O–H groups in total. The quantitative estimate of drug-likeness (QED) is 0.752. The maximum Gasteiger partial charge on any atom is 0.237 e. The van der Waals surface area contributed by atoms with Gasteiger partial charge in [0, 0.05) is 30.6 Å². The molecule has 0 bridgehead atoms. The lowest BCUT2D eigenvalue weighted by atomic mass is 10.0. The van der Waals surface area contributed by atoms with Crippen LogP contribution >= 0.6 is 11.3 Å². The predicted molar refractivity (Wildman–Crippen MR) is 102 cm³/mol. The fraction of sp³-hybridized carbons (Fsp3) is 0.300. The van der Waals surface area contributed by atoms with E-state index in [1.807, 2.05) is 41.9 Å². The number of oxazole rings is 1. The second-order valence-electron chi connectivity index (χ2n) is 6.50. The topological polar surface area (TPSA) is 58.4 Å². The standard InChI is InChI=1S/C20H21N3O2S/c1-14-17(22-20(25-14)16-7-10-26-13-16)12-23-9-8-21-19(24)18(23)11-15-5-3-2-4-6-15/h2-7,10,13,18H,8-9,11-12H2,1H3,(H,21,24)/t18-/m0/s1. The lowest BCUT2D eigenvalue weighted by molar-refractivity contribution is -0.129. The Labute approximate surface area is 156 Å². The normalized spacial score (nSPS) is 18.0. The Balaban J connectivity index is 1.54. The third kappa shape index (κ3) is 3.57. The summed E-state index contributed by atoms with van der Waals surface area (Å²) in [6.45, 7) is 4.03. The maximum atomic E-state index is 12.5. The van der Waals surface area contributed by atoms with Crippen LogP contribution in [0.5, 0.6) is 0 Å². The number of nitrogens with one attached hydrogen (secondary N) is 1. The van der Waals surface area contributed by atoms with Crippen molar-refractivity contribution in [2.75, 3.05) is 13.1 Å². The molecule has 3 aromatic rings. The molecule has 134 valence electrons. The van der Waals surface area contributed by atoms with E-state index in [0.29, 0.717) is 25.4 Å². The Morgan fingerprint density at radius 3 is 2.92 bits per heavy atom. The zero-order chi connectivity index (χ0) is 17.9. The summed E-state index contributed by atoms with van der Waals surface area (Å²) in [6.07, 6.45) is 0.695. The molecule has 4 rings (SSSR count). The first-order valence-corrected chi connectivity index (χ1v) is 9.69. The lowest BCUT2D eigenvalue weighted by Gasteiger charge is -2.34. The SMILES string of the molecule is Cc1oc(-c2ccsc2)nc1CN1CCNC(=O)[C@@H]1Cc1ccccc1. The molecule has 0 saturated carbocycles. The van der Waals surface area contributed by atoms with Crippen LogP contribution in [0.1, 0.15) is 17.0 Å². The molecule has 0 spiro atoms. The van der Waals surface area contributed by atoms with Crippen molar-refractivity contribution in [3.63, 3.8) is 0 Å². The molecule has 26 heavy (non-hydrogen) atoms. The highest BCUT2D eigenvalue weighted by atomic mass is 32.1. The molecular weight excluding hydrogens is 346 g/mol. The molecule has 1 aromatic carbocycles. The third-order valence-electron chi connectivity index (χ3n) is 4.73. The van der Waals surface area contributed by atoms with Crippen LogP contribution in [0.15, 0.2) is 51.6 Å². The fourth-order valence-electron chi connectivity index (χ4n) is 3.29. The summed E-state index contributed by atoms with van der Waals surface area (Å²) in [6, 6.07) is 12.0. The number of benzene rings is 1. The smallest absolute Gasteiger partial charge is 0.237 e. The van der Waals surface area contributed by atoms with Crippen molar-refractivity contribution in [2.24, 2.45) is 0 Å². The number of hydrogen-bond acceptors (Lipinski definition) is 5. The van der Waals surface area contributed by atoms with E-state index in [4.69, 9.17) is 4.42 Å². The number of aromatic nitrogens is 1. The van der Waals surface area contributed by atoms with Crippen LogP contribution < -0.4 is 5.32 Å². The number of rotatable bonds is 5. The molecule has 1 amide bonds. The summed E-state index contributed by atoms with van der Waals surface area (Å²) in [5, 5.41) is 7.03. The molecular formula is C20H21N3O2S. The summed E-state index contributed by atoms with van der Waals surface area (Å²) in [5.41, 5.74) is 3.07. The van der Waals surface area contributed by atoms with E-state index in [1.54, 1.807) is 11.3 Å². The van der Waals surface area contributed by atoms with Crippen LogP contribution in [0.25, 0.3) is 11.5 Å². The van der Waals surface area contributed by atoms with Crippen molar-refractivity contribution >= 4 is 17.2 Å². The summed E-state index contributed by atoms with van der Waals surface area (Å²) in [5.74, 6) is 1.55. The third-order valence-corrected chi connectivity index (χ3v) is 5.41. The molecule has 1 aliphatic heterocycles. The van der Waals surface area contributed by atoms with E-state index in [0.717, 1.165) is 29.1 Å². The first kappa shape index (κ1) is 17.0. The number of hydrogen-bond donors (Lipinski definition) is 1. The molecule has 1 saturated heterocycles. The van der Waals surface area contributed by atoms with Crippen molar-refractivity contribution < 1.29 is 9.21 Å². The highest BCUT2D eigenvalue weighted by Gasteiger charge is 2.31. The minimum atomic E-state index is -0.188. The first-order valence-electron chi connectivity index (χ1n) is 8.75. The van der Waals surface area contributed by atoms with Crippen LogP contribution in [0.4, 0.5) is 0 Å².